The minimum absolute atomic E-state index is 0.777. The van der Waals surface area contributed by atoms with E-state index in [4.69, 9.17) is 0 Å². The normalized spacial score (nSPS) is 10.7. The van der Waals surface area contributed by atoms with E-state index in [2.05, 4.69) is 9.55 Å². The highest BCUT2D eigenvalue weighted by Crippen LogP contribution is 2.19. The molecular weight excluding hydrogens is 220 g/mol. The lowest BCUT2D eigenvalue weighted by atomic mass is 10.3. The lowest BCUT2D eigenvalue weighted by Gasteiger charge is -2.08. The minimum atomic E-state index is 0.777. The molecule has 4 heteroatoms. The Kier molecular flexibility index (Phi) is 2.92. The maximum atomic E-state index is 10.8. The molecular formula is C12H14N2OS. The monoisotopic (exact) mass is 234 g/mol. The minimum Gasteiger partial charge on any atom is -0.343 e. The number of aryl methyl sites for hydroxylation is 2. The highest BCUT2D eigenvalue weighted by molar-refractivity contribution is 7.09. The van der Waals surface area contributed by atoms with E-state index in [1.54, 1.807) is 11.3 Å². The molecule has 0 amide bonds. The van der Waals surface area contributed by atoms with Gasteiger partial charge in [-0.2, -0.15) is 0 Å². The molecule has 3 nitrogen and oxygen atoms in total. The predicted octanol–water partition coefficient (Wildman–Crippen LogP) is 2.73. The average Bonchev–Trinajstić information content (AvgIpc) is 2.77. The van der Waals surface area contributed by atoms with Crippen LogP contribution >= 0.6 is 11.3 Å². The topological polar surface area (TPSA) is 34.9 Å². The highest BCUT2D eigenvalue weighted by atomic mass is 32.1. The second-order valence-corrected chi connectivity index (χ2v) is 4.83. The van der Waals surface area contributed by atoms with Crippen molar-refractivity contribution < 1.29 is 4.79 Å². The van der Waals surface area contributed by atoms with Crippen molar-refractivity contribution in [3.63, 3.8) is 0 Å². The molecule has 0 saturated carbocycles. The Balaban J connectivity index is 2.38. The molecule has 0 bridgehead atoms. The molecule has 0 aromatic carbocycles. The Labute approximate surface area is 98.8 Å². The first-order valence-electron chi connectivity index (χ1n) is 5.14. The third kappa shape index (κ3) is 1.80. The molecule has 16 heavy (non-hydrogen) atoms. The fraction of sp³-hybridized carbons (Fsp3) is 0.333. The smallest absolute Gasteiger partial charge is 0.151 e. The van der Waals surface area contributed by atoms with Crippen molar-refractivity contribution in [1.29, 1.82) is 0 Å². The first kappa shape index (κ1) is 11.1. The molecule has 2 aromatic rings. The van der Waals surface area contributed by atoms with E-state index in [1.807, 2.05) is 32.3 Å². The van der Waals surface area contributed by atoms with Gasteiger partial charge in [0.05, 0.1) is 17.7 Å². The van der Waals surface area contributed by atoms with Crippen molar-refractivity contribution >= 4 is 17.6 Å². The number of carbonyl (C=O) groups excluding carboxylic acids is 1. The third-order valence-electron chi connectivity index (χ3n) is 2.89. The van der Waals surface area contributed by atoms with Crippen LogP contribution in [0.2, 0.25) is 0 Å². The van der Waals surface area contributed by atoms with Crippen molar-refractivity contribution in [3.8, 4) is 0 Å². The Hall–Kier alpha value is -1.42. The Morgan fingerprint density at radius 2 is 2.19 bits per heavy atom. The van der Waals surface area contributed by atoms with Gasteiger partial charge in [0.2, 0.25) is 0 Å². The molecule has 0 fully saturated rings. The third-order valence-corrected chi connectivity index (χ3v) is 3.81. The lowest BCUT2D eigenvalue weighted by molar-refractivity contribution is 0.112. The Morgan fingerprint density at radius 3 is 2.69 bits per heavy atom. The van der Waals surface area contributed by atoms with Gasteiger partial charge in [-0.3, -0.25) is 4.79 Å². The van der Waals surface area contributed by atoms with Crippen molar-refractivity contribution in [2.45, 2.75) is 27.3 Å². The summed E-state index contributed by atoms with van der Waals surface area (Å²) in [6.07, 6.45) is 0.915. The van der Waals surface area contributed by atoms with Crippen molar-refractivity contribution in [3.05, 3.63) is 39.1 Å². The van der Waals surface area contributed by atoms with E-state index in [-0.39, 0.29) is 0 Å². The number of carbonyl (C=O) groups is 1. The van der Waals surface area contributed by atoms with Crippen molar-refractivity contribution in [2.75, 3.05) is 0 Å². The molecule has 0 radical (unpaired) electrons. The van der Waals surface area contributed by atoms with Crippen LogP contribution in [0, 0.1) is 20.8 Å². The van der Waals surface area contributed by atoms with E-state index in [9.17, 15) is 4.79 Å². The first-order chi connectivity index (χ1) is 7.63. The fourth-order valence-corrected chi connectivity index (χ4v) is 2.58. The molecule has 0 aliphatic carbocycles. The van der Waals surface area contributed by atoms with Crippen LogP contribution in [0.3, 0.4) is 0 Å². The summed E-state index contributed by atoms with van der Waals surface area (Å²) in [6.45, 7) is 6.83. The van der Waals surface area contributed by atoms with Crippen LogP contribution in [0.25, 0.3) is 0 Å². The van der Waals surface area contributed by atoms with Crippen LogP contribution in [-0.2, 0) is 6.54 Å². The number of hydrogen-bond donors (Lipinski definition) is 0. The van der Waals surface area contributed by atoms with Gasteiger partial charge in [0.1, 0.15) is 0 Å². The second-order valence-electron chi connectivity index (χ2n) is 3.89. The van der Waals surface area contributed by atoms with E-state index >= 15 is 0 Å². The van der Waals surface area contributed by atoms with E-state index in [0.29, 0.717) is 0 Å². The van der Waals surface area contributed by atoms with Gasteiger partial charge in [-0.1, -0.05) is 0 Å². The summed E-state index contributed by atoms with van der Waals surface area (Å²) in [5.74, 6) is 0. The van der Waals surface area contributed by atoms with Crippen molar-refractivity contribution in [1.82, 2.24) is 9.55 Å². The summed E-state index contributed by atoms with van der Waals surface area (Å²) in [7, 11) is 0. The largest absolute Gasteiger partial charge is 0.343 e. The number of hydrogen-bond acceptors (Lipinski definition) is 3. The van der Waals surface area contributed by atoms with Gasteiger partial charge >= 0.3 is 0 Å². The molecule has 0 saturated heterocycles. The number of nitrogens with zero attached hydrogens (tertiary/aromatic N) is 2. The maximum absolute atomic E-state index is 10.8. The SMILES string of the molecule is Cc1ncsc1Cn1c(C)cc(C=O)c1C. The van der Waals surface area contributed by atoms with Crippen LogP contribution in [0.4, 0.5) is 0 Å². The zero-order valence-corrected chi connectivity index (χ0v) is 10.5. The van der Waals surface area contributed by atoms with Crippen molar-refractivity contribution in [2.24, 2.45) is 0 Å². The number of rotatable bonds is 3. The first-order valence-corrected chi connectivity index (χ1v) is 6.02. The molecule has 84 valence electrons. The summed E-state index contributed by atoms with van der Waals surface area (Å²) < 4.78 is 2.16. The number of aromatic nitrogens is 2. The number of thiazole rings is 1. The molecule has 2 aromatic heterocycles. The second kappa shape index (κ2) is 4.22. The highest BCUT2D eigenvalue weighted by Gasteiger charge is 2.10. The summed E-state index contributed by atoms with van der Waals surface area (Å²) in [5.41, 5.74) is 5.86. The quantitative estimate of drug-likeness (QED) is 0.765. The van der Waals surface area contributed by atoms with Gasteiger partial charge in [-0.05, 0) is 26.8 Å². The van der Waals surface area contributed by atoms with E-state index in [1.165, 1.54) is 4.88 Å². The van der Waals surface area contributed by atoms with Gasteiger partial charge in [0, 0.05) is 21.8 Å². The summed E-state index contributed by atoms with van der Waals surface area (Å²) in [4.78, 5) is 16.3. The van der Waals surface area contributed by atoms with E-state index < -0.39 is 0 Å². The zero-order chi connectivity index (χ0) is 11.7. The fourth-order valence-electron chi connectivity index (χ4n) is 1.81. The van der Waals surface area contributed by atoms with Gasteiger partial charge in [-0.15, -0.1) is 11.3 Å². The lowest BCUT2D eigenvalue weighted by Crippen LogP contribution is -2.04. The van der Waals surface area contributed by atoms with E-state index in [0.717, 1.165) is 35.5 Å². The van der Waals surface area contributed by atoms with Gasteiger partial charge in [0.25, 0.3) is 0 Å². The molecule has 0 spiro atoms. The molecule has 0 unspecified atom stereocenters. The molecule has 0 atom stereocenters. The van der Waals surface area contributed by atoms with Gasteiger partial charge < -0.3 is 4.57 Å². The Morgan fingerprint density at radius 1 is 1.44 bits per heavy atom. The zero-order valence-electron chi connectivity index (χ0n) is 9.65. The molecule has 0 N–H and O–H groups in total. The van der Waals surface area contributed by atoms with Gasteiger partial charge in [-0.25, -0.2) is 4.98 Å². The number of aldehydes is 1. The molecule has 2 rings (SSSR count). The molecule has 2 heterocycles. The summed E-state index contributed by atoms with van der Waals surface area (Å²) in [5, 5.41) is 0. The maximum Gasteiger partial charge on any atom is 0.151 e. The molecule has 0 aliphatic rings. The van der Waals surface area contributed by atoms with Crippen LogP contribution in [0.5, 0.6) is 0 Å². The van der Waals surface area contributed by atoms with Crippen LogP contribution in [-0.4, -0.2) is 15.8 Å². The van der Waals surface area contributed by atoms with Crippen LogP contribution in [0.15, 0.2) is 11.6 Å². The van der Waals surface area contributed by atoms with Crippen LogP contribution < -0.4 is 0 Å². The average molecular weight is 234 g/mol. The van der Waals surface area contributed by atoms with Crippen LogP contribution in [0.1, 0.15) is 32.3 Å². The standard InChI is InChI=1S/C12H14N2OS/c1-8-4-11(6-15)10(3)14(8)5-12-9(2)13-7-16-12/h4,6-7H,5H2,1-3H3. The van der Waals surface area contributed by atoms with Gasteiger partial charge in [0.15, 0.2) is 6.29 Å². The summed E-state index contributed by atoms with van der Waals surface area (Å²) >= 11 is 1.66. The molecule has 0 aliphatic heterocycles. The summed E-state index contributed by atoms with van der Waals surface area (Å²) in [6, 6.07) is 1.93. The predicted molar refractivity (Wildman–Crippen MR) is 65.2 cm³/mol. The Bertz CT molecular complexity index is 525.